The average Bonchev–Trinajstić information content (AvgIpc) is 2.03. The maximum atomic E-state index is 9.68. The number of rotatable bonds is 4. The molecule has 0 radical (unpaired) electrons. The lowest BCUT2D eigenvalue weighted by atomic mass is 9.90. The molecule has 0 heterocycles. The maximum absolute atomic E-state index is 9.68. The number of thioether (sulfide) groups is 1. The van der Waals surface area contributed by atoms with Crippen molar-refractivity contribution < 1.29 is 5.11 Å². The molecule has 14 heavy (non-hydrogen) atoms. The van der Waals surface area contributed by atoms with Crippen LogP contribution in [0.3, 0.4) is 0 Å². The van der Waals surface area contributed by atoms with Crippen molar-refractivity contribution in [2.24, 2.45) is 5.41 Å². The summed E-state index contributed by atoms with van der Waals surface area (Å²) in [6.45, 7) is 8.57. The summed E-state index contributed by atoms with van der Waals surface area (Å²) in [7, 11) is 0. The van der Waals surface area contributed by atoms with Gasteiger partial charge in [0.05, 0.1) is 0 Å². The molecule has 0 spiro atoms. The lowest BCUT2D eigenvalue weighted by Gasteiger charge is -2.18. The molecule has 0 rings (SSSR count). The molecule has 82 valence electrons. The molecule has 0 saturated heterocycles. The highest BCUT2D eigenvalue weighted by atomic mass is 32.2. The van der Waals surface area contributed by atoms with Gasteiger partial charge in [-0.25, -0.2) is 0 Å². The van der Waals surface area contributed by atoms with E-state index in [0.29, 0.717) is 11.2 Å². The highest BCUT2D eigenvalue weighted by Gasteiger charge is 2.12. The number of allylic oxidation sites excluding steroid dienone is 3. The minimum Gasteiger partial charge on any atom is -0.507 e. The first-order chi connectivity index (χ1) is 6.40. The Morgan fingerprint density at radius 3 is 2.29 bits per heavy atom. The first kappa shape index (κ1) is 13.6. The van der Waals surface area contributed by atoms with E-state index in [1.54, 1.807) is 17.8 Å². The van der Waals surface area contributed by atoms with Crippen LogP contribution in [0, 0.1) is 5.41 Å². The topological polar surface area (TPSA) is 20.2 Å². The van der Waals surface area contributed by atoms with Crippen molar-refractivity contribution >= 4 is 11.8 Å². The predicted octanol–water partition coefficient (Wildman–Crippen LogP) is 4.52. The van der Waals surface area contributed by atoms with Gasteiger partial charge in [0, 0.05) is 4.91 Å². The van der Waals surface area contributed by atoms with E-state index in [9.17, 15) is 5.11 Å². The van der Waals surface area contributed by atoms with E-state index in [1.807, 2.05) is 19.3 Å². The Labute approximate surface area is 92.3 Å². The van der Waals surface area contributed by atoms with Crippen LogP contribution in [0.1, 0.15) is 40.5 Å². The zero-order valence-corrected chi connectivity index (χ0v) is 10.7. The fraction of sp³-hybridized carbons (Fsp3) is 0.667. The average molecular weight is 214 g/mol. The Hall–Kier alpha value is -0.370. The Morgan fingerprint density at radius 1 is 1.36 bits per heavy atom. The van der Waals surface area contributed by atoms with Gasteiger partial charge in [0.15, 0.2) is 0 Å². The molecule has 0 atom stereocenters. The molecule has 1 N–H and O–H groups in total. The standard InChI is InChI=1S/C12H22OS/c1-6-7-10(13)11(14-5)8-9-12(2,3)4/h6-7,13H,8-9H2,1-5H3/b7-6-,11-10-. The molecule has 0 aromatic rings. The SMILES string of the molecule is C/C=C\C(O)=C(/CCC(C)(C)C)SC. The summed E-state index contributed by atoms with van der Waals surface area (Å²) in [5, 5.41) is 9.68. The summed E-state index contributed by atoms with van der Waals surface area (Å²) in [5.74, 6) is 0.421. The molecule has 0 aromatic carbocycles. The number of hydrogen-bond acceptors (Lipinski definition) is 2. The summed E-state index contributed by atoms with van der Waals surface area (Å²) in [4.78, 5) is 1.08. The van der Waals surface area contributed by atoms with Crippen molar-refractivity contribution in [3.05, 3.63) is 22.8 Å². The van der Waals surface area contributed by atoms with Gasteiger partial charge >= 0.3 is 0 Å². The summed E-state index contributed by atoms with van der Waals surface area (Å²) in [5.41, 5.74) is 0.331. The number of hydrogen-bond donors (Lipinski definition) is 1. The van der Waals surface area contributed by atoms with E-state index in [0.717, 1.165) is 17.7 Å². The number of aliphatic hydroxyl groups is 1. The van der Waals surface area contributed by atoms with Gasteiger partial charge < -0.3 is 5.11 Å². The normalized spacial score (nSPS) is 14.6. The van der Waals surface area contributed by atoms with E-state index in [-0.39, 0.29) is 0 Å². The Balaban J connectivity index is 4.37. The largest absolute Gasteiger partial charge is 0.507 e. The fourth-order valence-corrected chi connectivity index (χ4v) is 1.66. The van der Waals surface area contributed by atoms with E-state index in [1.165, 1.54) is 0 Å². The van der Waals surface area contributed by atoms with Crippen molar-refractivity contribution in [2.75, 3.05) is 6.26 Å². The molecule has 0 aromatic heterocycles. The van der Waals surface area contributed by atoms with Crippen LogP contribution in [-0.4, -0.2) is 11.4 Å². The van der Waals surface area contributed by atoms with Crippen LogP contribution in [0.4, 0.5) is 0 Å². The van der Waals surface area contributed by atoms with E-state index in [2.05, 4.69) is 20.8 Å². The molecule has 0 unspecified atom stereocenters. The monoisotopic (exact) mass is 214 g/mol. The second-order valence-corrected chi connectivity index (χ2v) is 5.47. The molecular weight excluding hydrogens is 192 g/mol. The lowest BCUT2D eigenvalue weighted by Crippen LogP contribution is -2.04. The molecule has 0 aliphatic carbocycles. The molecule has 0 aliphatic heterocycles. The van der Waals surface area contributed by atoms with Crippen LogP contribution in [0.15, 0.2) is 22.8 Å². The Kier molecular flexibility index (Phi) is 6.01. The van der Waals surface area contributed by atoms with Crippen molar-refractivity contribution in [1.29, 1.82) is 0 Å². The van der Waals surface area contributed by atoms with Gasteiger partial charge in [0.2, 0.25) is 0 Å². The molecular formula is C12H22OS. The Bertz CT molecular complexity index is 221. The van der Waals surface area contributed by atoms with Crippen molar-refractivity contribution in [1.82, 2.24) is 0 Å². The smallest absolute Gasteiger partial charge is 0.124 e. The third-order valence-electron chi connectivity index (χ3n) is 1.96. The van der Waals surface area contributed by atoms with Crippen molar-refractivity contribution in [3.8, 4) is 0 Å². The van der Waals surface area contributed by atoms with Crippen LogP contribution >= 0.6 is 11.8 Å². The zero-order chi connectivity index (χ0) is 11.2. The third-order valence-corrected chi connectivity index (χ3v) is 2.86. The summed E-state index contributed by atoms with van der Waals surface area (Å²) < 4.78 is 0. The molecule has 0 aliphatic rings. The van der Waals surface area contributed by atoms with Crippen molar-refractivity contribution in [2.45, 2.75) is 40.5 Å². The van der Waals surface area contributed by atoms with Crippen LogP contribution in [0.25, 0.3) is 0 Å². The quantitative estimate of drug-likeness (QED) is 0.548. The van der Waals surface area contributed by atoms with Crippen LogP contribution in [0.5, 0.6) is 0 Å². The van der Waals surface area contributed by atoms with Gasteiger partial charge in [-0.2, -0.15) is 0 Å². The second-order valence-electron chi connectivity index (χ2n) is 4.57. The molecule has 2 heteroatoms. The minimum atomic E-state index is 0.331. The Morgan fingerprint density at radius 2 is 1.93 bits per heavy atom. The molecule has 0 bridgehead atoms. The van der Waals surface area contributed by atoms with E-state index >= 15 is 0 Å². The zero-order valence-electron chi connectivity index (χ0n) is 9.92. The van der Waals surface area contributed by atoms with Gasteiger partial charge in [-0.3, -0.25) is 0 Å². The van der Waals surface area contributed by atoms with Gasteiger partial charge in [-0.1, -0.05) is 26.8 Å². The highest BCUT2D eigenvalue weighted by molar-refractivity contribution is 8.02. The second kappa shape index (κ2) is 6.18. The minimum absolute atomic E-state index is 0.331. The molecule has 1 nitrogen and oxygen atoms in total. The summed E-state index contributed by atoms with van der Waals surface area (Å²) in [6, 6.07) is 0. The van der Waals surface area contributed by atoms with Crippen molar-refractivity contribution in [3.63, 3.8) is 0 Å². The van der Waals surface area contributed by atoms with Crippen LogP contribution < -0.4 is 0 Å². The van der Waals surface area contributed by atoms with Gasteiger partial charge in [0.1, 0.15) is 5.76 Å². The molecule has 0 saturated carbocycles. The first-order valence-corrected chi connectivity index (χ1v) is 6.22. The summed E-state index contributed by atoms with van der Waals surface area (Å²) in [6.07, 6.45) is 7.69. The lowest BCUT2D eigenvalue weighted by molar-refractivity contribution is 0.373. The number of aliphatic hydroxyl groups excluding tert-OH is 1. The highest BCUT2D eigenvalue weighted by Crippen LogP contribution is 2.29. The fourth-order valence-electron chi connectivity index (χ4n) is 1.07. The first-order valence-electron chi connectivity index (χ1n) is 4.99. The van der Waals surface area contributed by atoms with Crippen LogP contribution in [-0.2, 0) is 0 Å². The van der Waals surface area contributed by atoms with Gasteiger partial charge in [-0.05, 0) is 37.5 Å². The third kappa shape index (κ3) is 6.14. The summed E-state index contributed by atoms with van der Waals surface area (Å²) >= 11 is 1.64. The van der Waals surface area contributed by atoms with E-state index in [4.69, 9.17) is 0 Å². The van der Waals surface area contributed by atoms with Crippen LogP contribution in [0.2, 0.25) is 0 Å². The van der Waals surface area contributed by atoms with Gasteiger partial charge in [0.25, 0.3) is 0 Å². The predicted molar refractivity (Wildman–Crippen MR) is 66.7 cm³/mol. The van der Waals surface area contributed by atoms with Gasteiger partial charge in [-0.15, -0.1) is 11.8 Å². The van der Waals surface area contributed by atoms with E-state index < -0.39 is 0 Å². The molecule has 0 amide bonds. The molecule has 0 fully saturated rings. The maximum Gasteiger partial charge on any atom is 0.124 e.